The van der Waals surface area contributed by atoms with E-state index in [1.54, 1.807) is 0 Å². The SMILES string of the molecule is [Cl-].[Cl-].[Cl-].[Cl-].[Cl-].[Sr+2]. The van der Waals surface area contributed by atoms with E-state index in [4.69, 9.17) is 0 Å². The van der Waals surface area contributed by atoms with Gasteiger partial charge in [-0.3, -0.25) is 0 Å². The molecule has 0 heterocycles. The van der Waals surface area contributed by atoms with Gasteiger partial charge in [0.2, 0.25) is 0 Å². The zero-order valence-corrected chi connectivity index (χ0v) is 9.85. The topological polar surface area (TPSA) is 0 Å². The van der Waals surface area contributed by atoms with E-state index < -0.39 is 0 Å². The van der Waals surface area contributed by atoms with Crippen molar-refractivity contribution in [1.82, 2.24) is 0 Å². The van der Waals surface area contributed by atoms with Crippen molar-refractivity contribution >= 4 is 45.5 Å². The van der Waals surface area contributed by atoms with Crippen molar-refractivity contribution < 1.29 is 62.0 Å². The first-order valence-electron chi connectivity index (χ1n) is 0. The van der Waals surface area contributed by atoms with Crippen LogP contribution in [0.15, 0.2) is 0 Å². The zero-order chi connectivity index (χ0) is 0. The van der Waals surface area contributed by atoms with Gasteiger partial charge in [0, 0.05) is 0 Å². The summed E-state index contributed by atoms with van der Waals surface area (Å²) in [6, 6.07) is 0. The molecule has 40 valence electrons. The van der Waals surface area contributed by atoms with Crippen LogP contribution in [0.4, 0.5) is 0 Å². The summed E-state index contributed by atoms with van der Waals surface area (Å²) >= 11 is 0. The Bertz CT molecular complexity index is 3.90. The summed E-state index contributed by atoms with van der Waals surface area (Å²) in [5, 5.41) is 0. The van der Waals surface area contributed by atoms with Crippen LogP contribution < -0.4 is 62.0 Å². The van der Waals surface area contributed by atoms with Gasteiger partial charge in [-0.1, -0.05) is 0 Å². The third-order valence-electron chi connectivity index (χ3n) is 0. The van der Waals surface area contributed by atoms with E-state index in [0.29, 0.717) is 0 Å². The first-order chi connectivity index (χ1) is 0. The van der Waals surface area contributed by atoms with Crippen molar-refractivity contribution in [2.75, 3.05) is 0 Å². The van der Waals surface area contributed by atoms with Crippen molar-refractivity contribution in [2.24, 2.45) is 0 Å². The van der Waals surface area contributed by atoms with Crippen LogP contribution in [-0.4, -0.2) is 45.5 Å². The van der Waals surface area contributed by atoms with Gasteiger partial charge in [0.15, 0.2) is 0 Å². The molecule has 0 rings (SSSR count). The van der Waals surface area contributed by atoms with Gasteiger partial charge < -0.3 is 62.0 Å². The molecule has 0 spiro atoms. The van der Waals surface area contributed by atoms with E-state index in [9.17, 15) is 0 Å². The molecule has 0 saturated heterocycles. The normalized spacial score (nSPS) is 0. The van der Waals surface area contributed by atoms with Gasteiger partial charge in [-0.25, -0.2) is 0 Å². The van der Waals surface area contributed by atoms with Gasteiger partial charge in [-0.15, -0.1) is 0 Å². The van der Waals surface area contributed by atoms with E-state index in [1.807, 2.05) is 0 Å². The average molecular weight is 265 g/mol. The van der Waals surface area contributed by atoms with Crippen molar-refractivity contribution in [1.29, 1.82) is 0 Å². The maximum atomic E-state index is 0. The summed E-state index contributed by atoms with van der Waals surface area (Å²) in [7, 11) is 0. The molecule has 0 aliphatic heterocycles. The van der Waals surface area contributed by atoms with Crippen LogP contribution in [0.3, 0.4) is 0 Å². The molecule has 0 aliphatic rings. The van der Waals surface area contributed by atoms with E-state index >= 15 is 0 Å². The second-order valence-corrected chi connectivity index (χ2v) is 0. The molecule has 0 saturated carbocycles. The summed E-state index contributed by atoms with van der Waals surface area (Å²) < 4.78 is 0. The molecule has 0 amide bonds. The van der Waals surface area contributed by atoms with Gasteiger partial charge >= 0.3 is 45.5 Å². The summed E-state index contributed by atoms with van der Waals surface area (Å²) in [6.07, 6.45) is 0. The number of hydrogen-bond donors (Lipinski definition) is 0. The van der Waals surface area contributed by atoms with E-state index in [2.05, 4.69) is 0 Å². The molecule has 0 aromatic rings. The van der Waals surface area contributed by atoms with E-state index in [-0.39, 0.29) is 108 Å². The molecule has 0 aromatic heterocycles. The molecule has 0 atom stereocenters. The number of hydrogen-bond acceptors (Lipinski definition) is 0. The van der Waals surface area contributed by atoms with Crippen LogP contribution in [0.2, 0.25) is 0 Å². The third-order valence-corrected chi connectivity index (χ3v) is 0. The summed E-state index contributed by atoms with van der Waals surface area (Å²) in [5.41, 5.74) is 0. The molecule has 6 heavy (non-hydrogen) atoms. The Kier molecular flexibility index (Phi) is 483. The fourth-order valence-corrected chi connectivity index (χ4v) is 0. The van der Waals surface area contributed by atoms with Crippen LogP contribution >= 0.6 is 0 Å². The minimum Gasteiger partial charge on any atom is -1.00 e. The van der Waals surface area contributed by atoms with Gasteiger partial charge in [-0.2, -0.15) is 0 Å². The van der Waals surface area contributed by atoms with Crippen molar-refractivity contribution in [3.63, 3.8) is 0 Å². The Hall–Kier alpha value is 2.93. The van der Waals surface area contributed by atoms with Crippen molar-refractivity contribution in [3.8, 4) is 0 Å². The summed E-state index contributed by atoms with van der Waals surface area (Å²) in [4.78, 5) is 0. The average Bonchev–Trinajstić information content (AvgIpc) is 0. The smallest absolute Gasteiger partial charge is 1.00 e. The van der Waals surface area contributed by atoms with Crippen LogP contribution in [0.5, 0.6) is 0 Å². The zero-order valence-electron chi connectivity index (χ0n) is 2.60. The molecule has 0 aromatic carbocycles. The molecule has 0 aliphatic carbocycles. The minimum atomic E-state index is 0. The molecule has 0 fully saturated rings. The first-order valence-corrected chi connectivity index (χ1v) is 0. The molecule has 0 nitrogen and oxygen atoms in total. The Morgan fingerprint density at radius 3 is 0.333 bits per heavy atom. The molecule has 6 heteroatoms. The van der Waals surface area contributed by atoms with Gasteiger partial charge in [0.25, 0.3) is 0 Å². The third kappa shape index (κ3) is 28.4. The second-order valence-electron chi connectivity index (χ2n) is 0. The van der Waals surface area contributed by atoms with Crippen LogP contribution in [0, 0.1) is 0 Å². The van der Waals surface area contributed by atoms with Crippen molar-refractivity contribution in [2.45, 2.75) is 0 Å². The molecular formula is Cl5Sr-3. The summed E-state index contributed by atoms with van der Waals surface area (Å²) in [5.74, 6) is 0. The fraction of sp³-hybridized carbons (Fsp3) is 0. The second kappa shape index (κ2) is 44.4. The largest absolute Gasteiger partial charge is 2.00 e. The summed E-state index contributed by atoms with van der Waals surface area (Å²) in [6.45, 7) is 0. The van der Waals surface area contributed by atoms with E-state index in [0.717, 1.165) is 0 Å². The Balaban J connectivity index is 0. The fourth-order valence-electron chi connectivity index (χ4n) is 0. The Labute approximate surface area is 106 Å². The molecule has 0 N–H and O–H groups in total. The number of rotatable bonds is 0. The minimum absolute atomic E-state index is 0. The van der Waals surface area contributed by atoms with E-state index in [1.165, 1.54) is 0 Å². The number of halogens is 5. The maximum absolute atomic E-state index is 0. The van der Waals surface area contributed by atoms with Gasteiger partial charge in [-0.05, 0) is 0 Å². The van der Waals surface area contributed by atoms with Gasteiger partial charge in [0.1, 0.15) is 0 Å². The Morgan fingerprint density at radius 1 is 0.333 bits per heavy atom. The van der Waals surface area contributed by atoms with Crippen molar-refractivity contribution in [3.05, 3.63) is 0 Å². The van der Waals surface area contributed by atoms with Crippen LogP contribution in [0.1, 0.15) is 0 Å². The molecule has 0 radical (unpaired) electrons. The maximum Gasteiger partial charge on any atom is 2.00 e. The van der Waals surface area contributed by atoms with Crippen LogP contribution in [0.25, 0.3) is 0 Å². The monoisotopic (exact) mass is 263 g/mol. The first kappa shape index (κ1) is 65.4. The quantitative estimate of drug-likeness (QED) is 0.382. The predicted octanol–water partition coefficient (Wildman–Crippen LogP) is -15.4. The molecule has 0 bridgehead atoms. The molecular weight excluding hydrogens is 265 g/mol. The Morgan fingerprint density at radius 2 is 0.333 bits per heavy atom. The molecule has 0 unspecified atom stereocenters. The standard InChI is InChI=1S/5ClH.Sr/h5*1H;/q;;;;;+2/p-5. The van der Waals surface area contributed by atoms with Gasteiger partial charge in [0.05, 0.1) is 0 Å². The predicted molar refractivity (Wildman–Crippen MR) is 5.75 cm³/mol. The van der Waals surface area contributed by atoms with Crippen LogP contribution in [-0.2, 0) is 0 Å².